The Morgan fingerprint density at radius 1 is 1.38 bits per heavy atom. The minimum atomic E-state index is -0.414. The number of urea groups is 1. The first-order chi connectivity index (χ1) is 11.6. The normalized spacial score (nSPS) is 17.2. The number of amides is 2. The highest BCUT2D eigenvalue weighted by molar-refractivity contribution is 5.74. The maximum absolute atomic E-state index is 12.2. The maximum Gasteiger partial charge on any atom is 0.420 e. The van der Waals surface area contributed by atoms with E-state index in [1.165, 1.54) is 4.57 Å². The van der Waals surface area contributed by atoms with Gasteiger partial charge in [0.05, 0.1) is 11.6 Å². The van der Waals surface area contributed by atoms with Crippen LogP contribution >= 0.6 is 0 Å². The van der Waals surface area contributed by atoms with Gasteiger partial charge in [-0.25, -0.2) is 9.59 Å². The third-order valence-electron chi connectivity index (χ3n) is 4.69. The molecule has 1 fully saturated rings. The van der Waals surface area contributed by atoms with Gasteiger partial charge in [0.1, 0.15) is 0 Å². The van der Waals surface area contributed by atoms with Crippen LogP contribution in [-0.2, 0) is 6.54 Å². The summed E-state index contributed by atoms with van der Waals surface area (Å²) in [4.78, 5) is 25.8. The zero-order valence-electron chi connectivity index (χ0n) is 13.8. The molecule has 24 heavy (non-hydrogen) atoms. The molecule has 0 spiro atoms. The second-order valence-corrected chi connectivity index (χ2v) is 6.28. The van der Waals surface area contributed by atoms with Crippen molar-refractivity contribution >= 4 is 17.1 Å². The van der Waals surface area contributed by atoms with Gasteiger partial charge in [-0.15, -0.1) is 0 Å². The van der Waals surface area contributed by atoms with E-state index in [-0.39, 0.29) is 18.1 Å². The lowest BCUT2D eigenvalue weighted by Crippen LogP contribution is -2.46. The van der Waals surface area contributed by atoms with Crippen LogP contribution in [0.4, 0.5) is 4.79 Å². The Morgan fingerprint density at radius 2 is 2.08 bits per heavy atom. The number of aliphatic hydroxyl groups is 1. The molecule has 7 heteroatoms. The molecule has 2 heterocycles. The standard InChI is InChI=1S/C17H23N3O4/c1-12(21)13-6-9-19(10-7-13)16(22)18-8-11-20-14-4-2-3-5-15(14)24-17(20)23/h2-5,12-13,21H,6-11H2,1H3,(H,18,22). The third-order valence-corrected chi connectivity index (χ3v) is 4.69. The minimum absolute atomic E-state index is 0.125. The zero-order valence-corrected chi connectivity index (χ0v) is 13.8. The summed E-state index contributed by atoms with van der Waals surface area (Å²) in [5, 5.41) is 12.5. The summed E-state index contributed by atoms with van der Waals surface area (Å²) in [6.45, 7) is 3.82. The van der Waals surface area contributed by atoms with Crippen molar-refractivity contribution in [2.24, 2.45) is 5.92 Å². The van der Waals surface area contributed by atoms with Gasteiger partial charge in [-0.05, 0) is 37.8 Å². The molecule has 3 rings (SSSR count). The zero-order chi connectivity index (χ0) is 17.1. The SMILES string of the molecule is CC(O)C1CCN(C(=O)NCCn2c(=O)oc3ccccc32)CC1. The van der Waals surface area contributed by atoms with E-state index >= 15 is 0 Å². The molecule has 2 amide bonds. The van der Waals surface area contributed by atoms with Crippen LogP contribution in [0.25, 0.3) is 11.1 Å². The van der Waals surface area contributed by atoms with Crippen LogP contribution in [-0.4, -0.2) is 46.3 Å². The molecule has 0 saturated carbocycles. The monoisotopic (exact) mass is 333 g/mol. The van der Waals surface area contributed by atoms with Gasteiger partial charge in [-0.2, -0.15) is 0 Å². The number of fused-ring (bicyclic) bond motifs is 1. The van der Waals surface area contributed by atoms with Crippen LogP contribution in [0.2, 0.25) is 0 Å². The molecular weight excluding hydrogens is 310 g/mol. The Hall–Kier alpha value is -2.28. The molecular formula is C17H23N3O4. The summed E-state index contributed by atoms with van der Waals surface area (Å²) < 4.78 is 6.69. The Labute approximate surface area is 139 Å². The molecule has 2 N–H and O–H groups in total. The summed E-state index contributed by atoms with van der Waals surface area (Å²) in [5.41, 5.74) is 1.28. The molecule has 130 valence electrons. The highest BCUT2D eigenvalue weighted by Crippen LogP contribution is 2.20. The topological polar surface area (TPSA) is 87.7 Å². The van der Waals surface area contributed by atoms with Crippen molar-refractivity contribution in [3.05, 3.63) is 34.8 Å². The van der Waals surface area contributed by atoms with E-state index in [9.17, 15) is 14.7 Å². The highest BCUT2D eigenvalue weighted by atomic mass is 16.4. The fourth-order valence-electron chi connectivity index (χ4n) is 3.20. The van der Waals surface area contributed by atoms with Gasteiger partial charge >= 0.3 is 11.8 Å². The number of para-hydroxylation sites is 2. The first-order valence-corrected chi connectivity index (χ1v) is 8.35. The van der Waals surface area contributed by atoms with Crippen LogP contribution < -0.4 is 11.1 Å². The van der Waals surface area contributed by atoms with Gasteiger partial charge in [-0.3, -0.25) is 4.57 Å². The quantitative estimate of drug-likeness (QED) is 0.885. The van der Waals surface area contributed by atoms with E-state index < -0.39 is 5.76 Å². The van der Waals surface area contributed by atoms with Gasteiger partial charge in [0.2, 0.25) is 0 Å². The number of likely N-dealkylation sites (tertiary alicyclic amines) is 1. The Morgan fingerprint density at radius 3 is 2.79 bits per heavy atom. The number of hydrogen-bond acceptors (Lipinski definition) is 4. The van der Waals surface area contributed by atoms with Crippen molar-refractivity contribution in [1.82, 2.24) is 14.8 Å². The highest BCUT2D eigenvalue weighted by Gasteiger charge is 2.25. The van der Waals surface area contributed by atoms with Crippen molar-refractivity contribution < 1.29 is 14.3 Å². The molecule has 1 aliphatic rings. The van der Waals surface area contributed by atoms with Crippen LogP contribution in [0.5, 0.6) is 0 Å². The van der Waals surface area contributed by atoms with Crippen LogP contribution in [0.15, 0.2) is 33.5 Å². The predicted molar refractivity (Wildman–Crippen MR) is 89.9 cm³/mol. The van der Waals surface area contributed by atoms with Crippen LogP contribution in [0.1, 0.15) is 19.8 Å². The number of piperidine rings is 1. The second-order valence-electron chi connectivity index (χ2n) is 6.28. The summed E-state index contributed by atoms with van der Waals surface area (Å²) in [6.07, 6.45) is 1.31. The van der Waals surface area contributed by atoms with Crippen molar-refractivity contribution in [1.29, 1.82) is 0 Å². The lowest BCUT2D eigenvalue weighted by atomic mass is 9.92. The molecule has 1 saturated heterocycles. The van der Waals surface area contributed by atoms with Gasteiger partial charge in [0.15, 0.2) is 5.58 Å². The molecule has 1 unspecified atom stereocenters. The van der Waals surface area contributed by atoms with Gasteiger partial charge < -0.3 is 19.7 Å². The van der Waals surface area contributed by atoms with Crippen molar-refractivity contribution in [2.75, 3.05) is 19.6 Å². The first kappa shape index (κ1) is 16.6. The Kier molecular flexibility index (Phi) is 4.89. The van der Waals surface area contributed by atoms with E-state index in [1.807, 2.05) is 18.2 Å². The predicted octanol–water partition coefficient (Wildman–Crippen LogP) is 1.40. The number of benzene rings is 1. The molecule has 0 bridgehead atoms. The lowest BCUT2D eigenvalue weighted by Gasteiger charge is -2.33. The largest absolute Gasteiger partial charge is 0.420 e. The molecule has 1 aromatic heterocycles. The van der Waals surface area contributed by atoms with Crippen LogP contribution in [0.3, 0.4) is 0 Å². The first-order valence-electron chi connectivity index (χ1n) is 8.35. The number of nitrogens with zero attached hydrogens (tertiary/aromatic N) is 2. The number of carbonyl (C=O) groups excluding carboxylic acids is 1. The third kappa shape index (κ3) is 3.46. The van der Waals surface area contributed by atoms with Crippen molar-refractivity contribution in [2.45, 2.75) is 32.4 Å². The number of oxazole rings is 1. The molecule has 1 aromatic carbocycles. The Balaban J connectivity index is 1.52. The molecule has 1 atom stereocenters. The molecule has 7 nitrogen and oxygen atoms in total. The van der Waals surface area contributed by atoms with Gasteiger partial charge in [-0.1, -0.05) is 12.1 Å². The van der Waals surface area contributed by atoms with E-state index in [0.717, 1.165) is 18.4 Å². The lowest BCUT2D eigenvalue weighted by molar-refractivity contribution is 0.0798. The summed E-state index contributed by atoms with van der Waals surface area (Å²) in [7, 11) is 0. The van der Waals surface area contributed by atoms with Gasteiger partial charge in [0, 0.05) is 26.2 Å². The summed E-state index contributed by atoms with van der Waals surface area (Å²) in [6, 6.07) is 7.10. The number of carbonyl (C=O) groups is 1. The molecule has 1 aliphatic heterocycles. The van der Waals surface area contributed by atoms with E-state index in [2.05, 4.69) is 5.32 Å². The van der Waals surface area contributed by atoms with Crippen LogP contribution in [0, 0.1) is 5.92 Å². The van der Waals surface area contributed by atoms with E-state index in [4.69, 9.17) is 4.42 Å². The van der Waals surface area contributed by atoms with Crippen molar-refractivity contribution in [3.63, 3.8) is 0 Å². The fraction of sp³-hybridized carbons (Fsp3) is 0.529. The summed E-state index contributed by atoms with van der Waals surface area (Å²) >= 11 is 0. The van der Waals surface area contributed by atoms with E-state index in [0.29, 0.717) is 31.8 Å². The molecule has 0 aliphatic carbocycles. The fourth-order valence-corrected chi connectivity index (χ4v) is 3.20. The molecule has 0 radical (unpaired) electrons. The smallest absolute Gasteiger partial charge is 0.408 e. The summed E-state index contributed by atoms with van der Waals surface area (Å²) in [5.74, 6) is -0.145. The number of nitrogens with one attached hydrogen (secondary N) is 1. The second kappa shape index (κ2) is 7.09. The average molecular weight is 333 g/mol. The van der Waals surface area contributed by atoms with Gasteiger partial charge in [0.25, 0.3) is 0 Å². The number of aromatic nitrogens is 1. The maximum atomic E-state index is 12.2. The van der Waals surface area contributed by atoms with E-state index in [1.54, 1.807) is 17.9 Å². The molecule has 2 aromatic rings. The number of aliphatic hydroxyl groups excluding tert-OH is 1. The number of hydrogen-bond donors (Lipinski definition) is 2. The van der Waals surface area contributed by atoms with Crippen molar-refractivity contribution in [3.8, 4) is 0 Å². The number of rotatable bonds is 4. The Bertz CT molecular complexity index is 757. The average Bonchev–Trinajstić information content (AvgIpc) is 2.90. The minimum Gasteiger partial charge on any atom is -0.408 e.